The summed E-state index contributed by atoms with van der Waals surface area (Å²) < 4.78 is 14.8. The average molecular weight is 551 g/mol. The van der Waals surface area contributed by atoms with Crippen LogP contribution in [-0.2, 0) is 0 Å². The van der Waals surface area contributed by atoms with Gasteiger partial charge >= 0.3 is 0 Å². The Morgan fingerprint density at radius 2 is 0.974 bits per heavy atom. The summed E-state index contributed by atoms with van der Waals surface area (Å²) in [6, 6.07) is 0. The topological polar surface area (TPSA) is 0 Å². The molecule has 0 radical (unpaired) electrons. The monoisotopic (exact) mass is 551 g/mol. The molecular weight excluding hydrogens is 475 g/mol. The number of rotatable bonds is 28. The van der Waals surface area contributed by atoms with Gasteiger partial charge in [0.05, 0.1) is 0 Å². The Bertz CT molecular complexity index is 529. The van der Waals surface area contributed by atoms with Crippen LogP contribution >= 0.6 is 0 Å². The maximum Gasteiger partial charge on any atom is 0.103 e. The zero-order chi connectivity index (χ0) is 28.9. The van der Waals surface area contributed by atoms with E-state index >= 15 is 0 Å². The summed E-state index contributed by atoms with van der Waals surface area (Å²) in [5, 5.41) is 0. The normalized spacial score (nSPS) is 22.9. The number of alkyl halides is 1. The third kappa shape index (κ3) is 16.2. The highest BCUT2D eigenvalue weighted by atomic mass is 19.1. The van der Waals surface area contributed by atoms with E-state index in [1.807, 2.05) is 0 Å². The van der Waals surface area contributed by atoms with Crippen molar-refractivity contribution in [2.24, 2.45) is 41.4 Å². The lowest BCUT2D eigenvalue weighted by Gasteiger charge is -2.26. The zero-order valence-corrected chi connectivity index (χ0v) is 28.3. The first-order valence-electron chi connectivity index (χ1n) is 18.5. The Morgan fingerprint density at radius 1 is 0.513 bits per heavy atom. The van der Waals surface area contributed by atoms with Gasteiger partial charge in [0.1, 0.15) is 6.17 Å². The van der Waals surface area contributed by atoms with Crippen LogP contribution in [0.2, 0.25) is 0 Å². The molecule has 0 spiro atoms. The molecule has 0 N–H and O–H groups in total. The summed E-state index contributed by atoms with van der Waals surface area (Å²) in [5.41, 5.74) is 0. The molecule has 0 nitrogen and oxygen atoms in total. The molecule has 1 fully saturated rings. The minimum absolute atomic E-state index is 0.222. The van der Waals surface area contributed by atoms with Gasteiger partial charge in [0.2, 0.25) is 0 Å². The van der Waals surface area contributed by atoms with Crippen LogP contribution in [0.3, 0.4) is 0 Å². The average Bonchev–Trinajstić information content (AvgIpc) is 3.62. The summed E-state index contributed by atoms with van der Waals surface area (Å²) in [7, 11) is 0. The van der Waals surface area contributed by atoms with Crippen LogP contribution < -0.4 is 0 Å². The van der Waals surface area contributed by atoms with Crippen molar-refractivity contribution in [1.29, 1.82) is 0 Å². The van der Waals surface area contributed by atoms with Crippen molar-refractivity contribution in [1.82, 2.24) is 0 Å². The predicted octanol–water partition coefficient (Wildman–Crippen LogP) is 13.8. The molecule has 0 aliphatic heterocycles. The van der Waals surface area contributed by atoms with Crippen LogP contribution in [-0.4, -0.2) is 6.17 Å². The molecule has 8 unspecified atom stereocenters. The highest BCUT2D eigenvalue weighted by molar-refractivity contribution is 5.00. The van der Waals surface area contributed by atoms with Crippen molar-refractivity contribution in [3.8, 4) is 0 Å². The molecular formula is C38H75F. The smallest absolute Gasteiger partial charge is 0.103 e. The minimum atomic E-state index is -0.599. The van der Waals surface area contributed by atoms with E-state index in [0.717, 1.165) is 48.9 Å². The van der Waals surface area contributed by atoms with E-state index in [1.54, 1.807) is 0 Å². The Balaban J connectivity index is 2.25. The molecule has 0 heterocycles. The second-order valence-corrected chi connectivity index (χ2v) is 14.3. The van der Waals surface area contributed by atoms with Crippen molar-refractivity contribution < 1.29 is 4.39 Å². The second-order valence-electron chi connectivity index (χ2n) is 14.3. The van der Waals surface area contributed by atoms with E-state index in [0.29, 0.717) is 5.92 Å². The third-order valence-corrected chi connectivity index (χ3v) is 10.9. The van der Waals surface area contributed by atoms with E-state index in [9.17, 15) is 4.39 Å². The van der Waals surface area contributed by atoms with Crippen LogP contribution in [0.15, 0.2) is 0 Å². The summed E-state index contributed by atoms with van der Waals surface area (Å²) in [6.45, 7) is 16.5. The summed E-state index contributed by atoms with van der Waals surface area (Å²) >= 11 is 0. The molecule has 0 saturated heterocycles. The first-order chi connectivity index (χ1) is 18.9. The first kappa shape index (κ1) is 37.0. The minimum Gasteiger partial charge on any atom is -0.247 e. The van der Waals surface area contributed by atoms with E-state index < -0.39 is 6.17 Å². The maximum atomic E-state index is 14.8. The zero-order valence-electron chi connectivity index (χ0n) is 28.3. The van der Waals surface area contributed by atoms with Crippen LogP contribution in [0.25, 0.3) is 0 Å². The standard InChI is InChI=1S/C38H75F/c1-8-12-14-16-17-18-19-20-21-22-24-25-27-34(10-3)38-35(11-4)36(38)30-32(6)31(5)29-33(7)37(39)28-26-23-15-13-9-2/h31-38H,8-30H2,1-7H3. The highest BCUT2D eigenvalue weighted by Crippen LogP contribution is 2.58. The lowest BCUT2D eigenvalue weighted by Crippen LogP contribution is -2.20. The molecule has 1 saturated carbocycles. The molecule has 0 aromatic heterocycles. The molecule has 1 rings (SSSR count). The molecule has 0 bridgehead atoms. The maximum absolute atomic E-state index is 14.8. The van der Waals surface area contributed by atoms with Crippen molar-refractivity contribution in [3.63, 3.8) is 0 Å². The van der Waals surface area contributed by atoms with Gasteiger partial charge in [-0.25, -0.2) is 4.39 Å². The summed E-state index contributed by atoms with van der Waals surface area (Å²) in [6.07, 6.45) is 30.4. The first-order valence-corrected chi connectivity index (χ1v) is 18.5. The van der Waals surface area contributed by atoms with Crippen LogP contribution in [0, 0.1) is 41.4 Å². The fraction of sp³-hybridized carbons (Fsp3) is 1.00. The van der Waals surface area contributed by atoms with Gasteiger partial charge in [-0.05, 0) is 60.7 Å². The highest BCUT2D eigenvalue weighted by Gasteiger charge is 2.51. The quantitative estimate of drug-likeness (QED) is 0.0850. The molecule has 39 heavy (non-hydrogen) atoms. The van der Waals surface area contributed by atoms with Gasteiger partial charge in [-0.2, -0.15) is 0 Å². The van der Waals surface area contributed by atoms with E-state index in [1.165, 1.54) is 128 Å². The van der Waals surface area contributed by atoms with Crippen molar-refractivity contribution >= 4 is 0 Å². The Hall–Kier alpha value is -0.0700. The predicted molar refractivity (Wildman–Crippen MR) is 175 cm³/mol. The molecule has 1 aliphatic rings. The largest absolute Gasteiger partial charge is 0.247 e. The molecule has 0 aromatic carbocycles. The number of unbranched alkanes of at least 4 members (excludes halogenated alkanes) is 15. The third-order valence-electron chi connectivity index (χ3n) is 10.9. The fourth-order valence-electron chi connectivity index (χ4n) is 7.85. The molecule has 0 amide bonds. The van der Waals surface area contributed by atoms with Crippen LogP contribution in [0.4, 0.5) is 4.39 Å². The fourth-order valence-corrected chi connectivity index (χ4v) is 7.85. The second kappa shape index (κ2) is 23.5. The van der Waals surface area contributed by atoms with Crippen molar-refractivity contribution in [3.05, 3.63) is 0 Å². The Morgan fingerprint density at radius 3 is 1.44 bits per heavy atom. The van der Waals surface area contributed by atoms with Gasteiger partial charge in [0.15, 0.2) is 0 Å². The van der Waals surface area contributed by atoms with Crippen LogP contribution in [0.1, 0.15) is 196 Å². The van der Waals surface area contributed by atoms with E-state index in [-0.39, 0.29) is 5.92 Å². The summed E-state index contributed by atoms with van der Waals surface area (Å²) in [5.74, 6) is 5.45. The van der Waals surface area contributed by atoms with E-state index in [2.05, 4.69) is 48.5 Å². The number of halogens is 1. The van der Waals surface area contributed by atoms with Crippen molar-refractivity contribution in [2.45, 2.75) is 202 Å². The number of hydrogen-bond donors (Lipinski definition) is 0. The Labute approximate surface area is 247 Å². The van der Waals surface area contributed by atoms with Gasteiger partial charge in [-0.1, -0.05) is 177 Å². The lowest BCUT2D eigenvalue weighted by molar-refractivity contribution is 0.174. The number of hydrogen-bond acceptors (Lipinski definition) is 0. The van der Waals surface area contributed by atoms with Gasteiger partial charge in [0, 0.05) is 0 Å². The Kier molecular flexibility index (Phi) is 22.3. The van der Waals surface area contributed by atoms with Gasteiger partial charge in [-0.3, -0.25) is 0 Å². The van der Waals surface area contributed by atoms with Gasteiger partial charge < -0.3 is 0 Å². The molecule has 8 atom stereocenters. The van der Waals surface area contributed by atoms with E-state index in [4.69, 9.17) is 0 Å². The van der Waals surface area contributed by atoms with Crippen molar-refractivity contribution in [2.75, 3.05) is 0 Å². The summed E-state index contributed by atoms with van der Waals surface area (Å²) in [4.78, 5) is 0. The van der Waals surface area contributed by atoms with Gasteiger partial charge in [0.25, 0.3) is 0 Å². The SMILES string of the molecule is CCCCCCCCCCCCCCC(CC)C1C(CC)C1CC(C)C(C)CC(C)C(F)CCCCCCC. The molecule has 0 aromatic rings. The van der Waals surface area contributed by atoms with Gasteiger partial charge in [-0.15, -0.1) is 0 Å². The molecule has 1 aliphatic carbocycles. The lowest BCUT2D eigenvalue weighted by atomic mass is 9.81. The molecule has 1 heteroatoms. The molecule has 234 valence electrons. The van der Waals surface area contributed by atoms with Crippen LogP contribution in [0.5, 0.6) is 0 Å².